The van der Waals surface area contributed by atoms with E-state index in [4.69, 9.17) is 14.4 Å². The van der Waals surface area contributed by atoms with E-state index in [2.05, 4.69) is 138 Å². The van der Waals surface area contributed by atoms with Gasteiger partial charge < -0.3 is 4.42 Å². The van der Waals surface area contributed by atoms with Gasteiger partial charge in [-0.1, -0.05) is 140 Å². The largest absolute Gasteiger partial charge is 0.455 e. The molecule has 0 aliphatic heterocycles. The van der Waals surface area contributed by atoms with E-state index < -0.39 is 0 Å². The SMILES string of the molecule is c1ccc(-c2cc(-c3ccc(-c4ccc(-c5ccc6c(c5)sc5ccccc56)c5c4oc4ccccc45)cc3)nc(-c3ccccc3-c3cccnc3)n2)cc1. The fourth-order valence-electron chi connectivity index (χ4n) is 7.93. The molecule has 4 heterocycles. The van der Waals surface area contributed by atoms with E-state index in [1.54, 1.807) is 6.20 Å². The Morgan fingerprint density at radius 2 is 1.05 bits per heavy atom. The lowest BCUT2D eigenvalue weighted by atomic mass is 9.94. The molecule has 0 aliphatic carbocycles. The second-order valence-electron chi connectivity index (χ2n) is 14.0. The van der Waals surface area contributed by atoms with Gasteiger partial charge in [-0.3, -0.25) is 4.98 Å². The lowest BCUT2D eigenvalue weighted by molar-refractivity contribution is 0.670. The number of fused-ring (bicyclic) bond motifs is 6. The van der Waals surface area contributed by atoms with Crippen molar-refractivity contribution in [2.45, 2.75) is 0 Å². The van der Waals surface area contributed by atoms with E-state index in [1.807, 2.05) is 60.0 Å². The number of benzene rings is 7. The highest BCUT2D eigenvalue weighted by Gasteiger charge is 2.19. The third kappa shape index (κ3) is 5.48. The van der Waals surface area contributed by atoms with Crippen LogP contribution in [0, 0.1) is 0 Å². The number of hydrogen-bond donors (Lipinski definition) is 0. The number of nitrogens with zero attached hydrogens (tertiary/aromatic N) is 3. The molecule has 11 rings (SSSR count). The summed E-state index contributed by atoms with van der Waals surface area (Å²) in [4.78, 5) is 14.7. The summed E-state index contributed by atoms with van der Waals surface area (Å²) in [6, 6.07) is 61.6. The van der Waals surface area contributed by atoms with Crippen molar-refractivity contribution in [2.75, 3.05) is 0 Å². The zero-order valence-corrected chi connectivity index (χ0v) is 30.9. The van der Waals surface area contributed by atoms with Crippen molar-refractivity contribution in [3.63, 3.8) is 0 Å². The molecule has 0 amide bonds. The van der Waals surface area contributed by atoms with Crippen molar-refractivity contribution in [3.8, 4) is 67.3 Å². The van der Waals surface area contributed by atoms with Gasteiger partial charge in [-0.15, -0.1) is 11.3 Å². The number of hydrogen-bond acceptors (Lipinski definition) is 5. The van der Waals surface area contributed by atoms with Gasteiger partial charge in [0.1, 0.15) is 11.2 Å². The van der Waals surface area contributed by atoms with Crippen LogP contribution in [-0.2, 0) is 0 Å². The van der Waals surface area contributed by atoms with E-state index in [0.717, 1.165) is 77.8 Å². The first-order valence-corrected chi connectivity index (χ1v) is 19.5. The molecular formula is C51H31N3OS. The van der Waals surface area contributed by atoms with E-state index in [0.29, 0.717) is 5.82 Å². The Bertz CT molecular complexity index is 3240. The molecular weight excluding hydrogens is 703 g/mol. The average Bonchev–Trinajstić information content (AvgIpc) is 3.85. The van der Waals surface area contributed by atoms with E-state index in [-0.39, 0.29) is 0 Å². The predicted octanol–water partition coefficient (Wildman–Crippen LogP) is 14.1. The van der Waals surface area contributed by atoms with Crippen LogP contribution in [0.15, 0.2) is 193 Å². The topological polar surface area (TPSA) is 51.8 Å². The van der Waals surface area contributed by atoms with Crippen LogP contribution in [0.1, 0.15) is 0 Å². The Kier molecular flexibility index (Phi) is 7.64. The quantitative estimate of drug-likeness (QED) is 0.171. The van der Waals surface area contributed by atoms with Gasteiger partial charge >= 0.3 is 0 Å². The first-order valence-electron chi connectivity index (χ1n) is 18.7. The molecule has 0 fully saturated rings. The summed E-state index contributed by atoms with van der Waals surface area (Å²) in [5.74, 6) is 0.665. The molecule has 11 aromatic rings. The van der Waals surface area contributed by atoms with Crippen LogP contribution < -0.4 is 0 Å². The first kappa shape index (κ1) is 32.2. The first-order chi connectivity index (χ1) is 27.7. The summed E-state index contributed by atoms with van der Waals surface area (Å²) in [6.07, 6.45) is 3.68. The standard InChI is InChI=1S/C51H31N3OS/c1-2-11-33(12-3-1)44-30-45(54-51(53-44)42-16-5-4-14-37(42)36-13-10-28-52-31-36)34-22-20-32(21-23-34)39-27-26-38(49-43-17-6-8-18-46(43)55-50(39)49)35-24-25-41-40-15-7-9-19-47(40)56-48(41)29-35/h1-31H. The Morgan fingerprint density at radius 3 is 1.88 bits per heavy atom. The summed E-state index contributed by atoms with van der Waals surface area (Å²) >= 11 is 1.84. The van der Waals surface area contributed by atoms with E-state index >= 15 is 0 Å². The maximum atomic E-state index is 6.71. The van der Waals surface area contributed by atoms with Crippen molar-refractivity contribution in [1.82, 2.24) is 15.0 Å². The van der Waals surface area contributed by atoms with Crippen LogP contribution in [0.25, 0.3) is 109 Å². The van der Waals surface area contributed by atoms with Crippen molar-refractivity contribution < 1.29 is 4.42 Å². The molecule has 5 heteroatoms. The van der Waals surface area contributed by atoms with Gasteiger partial charge in [-0.25, -0.2) is 9.97 Å². The molecule has 0 unspecified atom stereocenters. The summed E-state index contributed by atoms with van der Waals surface area (Å²) in [6.45, 7) is 0. The molecule has 0 saturated carbocycles. The fraction of sp³-hybridized carbons (Fsp3) is 0. The Balaban J connectivity index is 1.03. The Labute approximate surface area is 327 Å². The normalized spacial score (nSPS) is 11.6. The monoisotopic (exact) mass is 733 g/mol. The van der Waals surface area contributed by atoms with E-state index in [1.165, 1.54) is 25.7 Å². The molecule has 0 bridgehead atoms. The van der Waals surface area contributed by atoms with Crippen LogP contribution in [-0.4, -0.2) is 15.0 Å². The van der Waals surface area contributed by atoms with Gasteiger partial charge in [0, 0.05) is 71.2 Å². The smallest absolute Gasteiger partial charge is 0.161 e. The molecule has 262 valence electrons. The molecule has 0 atom stereocenters. The summed E-state index contributed by atoms with van der Waals surface area (Å²) in [5.41, 5.74) is 13.0. The number of pyridine rings is 1. The maximum Gasteiger partial charge on any atom is 0.161 e. The van der Waals surface area contributed by atoms with Crippen LogP contribution in [0.2, 0.25) is 0 Å². The zero-order chi connectivity index (χ0) is 37.0. The molecule has 56 heavy (non-hydrogen) atoms. The summed E-state index contributed by atoms with van der Waals surface area (Å²) < 4.78 is 9.30. The van der Waals surface area contributed by atoms with Crippen molar-refractivity contribution in [1.29, 1.82) is 0 Å². The molecule has 0 saturated heterocycles. The fourth-order valence-corrected chi connectivity index (χ4v) is 9.08. The minimum absolute atomic E-state index is 0.665. The zero-order valence-electron chi connectivity index (χ0n) is 30.1. The van der Waals surface area contributed by atoms with Crippen LogP contribution >= 0.6 is 11.3 Å². The Hall–Kier alpha value is -7.21. The number of thiophene rings is 1. The highest BCUT2D eigenvalue weighted by atomic mass is 32.1. The number of aromatic nitrogens is 3. The molecule has 4 aromatic heterocycles. The average molecular weight is 734 g/mol. The molecule has 0 aliphatic rings. The van der Waals surface area contributed by atoms with E-state index in [9.17, 15) is 0 Å². The van der Waals surface area contributed by atoms with Crippen molar-refractivity contribution in [2.24, 2.45) is 0 Å². The van der Waals surface area contributed by atoms with Gasteiger partial charge in [0.25, 0.3) is 0 Å². The van der Waals surface area contributed by atoms with Crippen molar-refractivity contribution in [3.05, 3.63) is 188 Å². The summed E-state index contributed by atoms with van der Waals surface area (Å²) in [5, 5.41) is 4.84. The van der Waals surface area contributed by atoms with Gasteiger partial charge in [-0.2, -0.15) is 0 Å². The predicted molar refractivity (Wildman–Crippen MR) is 233 cm³/mol. The van der Waals surface area contributed by atoms with Crippen LogP contribution in [0.3, 0.4) is 0 Å². The minimum Gasteiger partial charge on any atom is -0.455 e. The van der Waals surface area contributed by atoms with Crippen LogP contribution in [0.4, 0.5) is 0 Å². The number of rotatable bonds is 6. The molecule has 0 N–H and O–H groups in total. The van der Waals surface area contributed by atoms with Gasteiger partial charge in [-0.05, 0) is 58.7 Å². The number of furan rings is 1. The number of para-hydroxylation sites is 1. The van der Waals surface area contributed by atoms with Crippen molar-refractivity contribution >= 4 is 53.4 Å². The minimum atomic E-state index is 0.665. The second kappa shape index (κ2) is 13.3. The van der Waals surface area contributed by atoms with Crippen LogP contribution in [0.5, 0.6) is 0 Å². The molecule has 0 radical (unpaired) electrons. The maximum absolute atomic E-state index is 6.71. The summed E-state index contributed by atoms with van der Waals surface area (Å²) in [7, 11) is 0. The molecule has 7 aromatic carbocycles. The van der Waals surface area contributed by atoms with Gasteiger partial charge in [0.15, 0.2) is 5.82 Å². The highest BCUT2D eigenvalue weighted by molar-refractivity contribution is 7.25. The third-order valence-corrected chi connectivity index (χ3v) is 11.8. The third-order valence-electron chi connectivity index (χ3n) is 10.6. The molecule has 0 spiro atoms. The Morgan fingerprint density at radius 1 is 0.411 bits per heavy atom. The lowest BCUT2D eigenvalue weighted by Crippen LogP contribution is -1.97. The van der Waals surface area contributed by atoms with Gasteiger partial charge in [0.2, 0.25) is 0 Å². The highest BCUT2D eigenvalue weighted by Crippen LogP contribution is 2.44. The molecule has 4 nitrogen and oxygen atoms in total. The lowest BCUT2D eigenvalue weighted by Gasteiger charge is -2.13. The van der Waals surface area contributed by atoms with Gasteiger partial charge in [0.05, 0.1) is 11.4 Å². The second-order valence-corrected chi connectivity index (χ2v) is 15.0.